The molecule has 0 atom stereocenters. The zero-order chi connectivity index (χ0) is 22.4. The number of hydrogen-bond acceptors (Lipinski definition) is 2. The fraction of sp³-hybridized carbons (Fsp3) is 0.600. The molecular formula is C30H48N2. The molecule has 0 bridgehead atoms. The van der Waals surface area contributed by atoms with Gasteiger partial charge in [-0.2, -0.15) is 0 Å². The lowest BCUT2D eigenvalue weighted by atomic mass is 10.1. The maximum atomic E-state index is 3.62. The quantitative estimate of drug-likeness (QED) is 0.200. The Morgan fingerprint density at radius 2 is 0.656 bits per heavy atom. The van der Waals surface area contributed by atoms with Gasteiger partial charge >= 0.3 is 0 Å². The van der Waals surface area contributed by atoms with Crippen LogP contribution in [0.2, 0.25) is 0 Å². The minimum Gasteiger partial charge on any atom is -0.317 e. The number of benzene rings is 2. The molecule has 0 fully saturated rings. The Balaban J connectivity index is 1.21. The summed E-state index contributed by atoms with van der Waals surface area (Å²) in [7, 11) is 0. The van der Waals surface area contributed by atoms with Crippen molar-refractivity contribution in [1.29, 1.82) is 0 Å². The van der Waals surface area contributed by atoms with Crippen LogP contribution in [0.25, 0.3) is 0 Å². The maximum absolute atomic E-state index is 3.62. The Hall–Kier alpha value is -1.64. The van der Waals surface area contributed by atoms with Gasteiger partial charge in [-0.3, -0.25) is 0 Å². The Labute approximate surface area is 198 Å². The van der Waals surface area contributed by atoms with E-state index in [1.807, 2.05) is 0 Å². The van der Waals surface area contributed by atoms with Crippen molar-refractivity contribution in [2.75, 3.05) is 26.2 Å². The number of aryl methyl sites for hydroxylation is 2. The summed E-state index contributed by atoms with van der Waals surface area (Å²) in [5.41, 5.74) is 2.94. The van der Waals surface area contributed by atoms with E-state index >= 15 is 0 Å². The molecule has 2 nitrogen and oxygen atoms in total. The van der Waals surface area contributed by atoms with E-state index in [9.17, 15) is 0 Å². The molecular weight excluding hydrogens is 388 g/mol. The number of nitrogens with one attached hydrogen (secondary N) is 2. The summed E-state index contributed by atoms with van der Waals surface area (Å²) in [6, 6.07) is 21.7. The lowest BCUT2D eigenvalue weighted by Crippen LogP contribution is -2.16. The summed E-state index contributed by atoms with van der Waals surface area (Å²) < 4.78 is 0. The second kappa shape index (κ2) is 20.0. The van der Waals surface area contributed by atoms with Crippen molar-refractivity contribution < 1.29 is 0 Å². The van der Waals surface area contributed by atoms with Crippen molar-refractivity contribution in [1.82, 2.24) is 10.6 Å². The second-order valence-corrected chi connectivity index (χ2v) is 9.21. The van der Waals surface area contributed by atoms with Gasteiger partial charge in [-0.1, -0.05) is 99.2 Å². The van der Waals surface area contributed by atoms with E-state index in [1.165, 1.54) is 127 Å². The number of rotatable bonds is 21. The molecule has 0 aromatic heterocycles. The summed E-state index contributed by atoms with van der Waals surface area (Å²) in [4.78, 5) is 0. The fourth-order valence-electron chi connectivity index (χ4n) is 4.26. The molecule has 2 aromatic carbocycles. The zero-order valence-electron chi connectivity index (χ0n) is 20.5. The van der Waals surface area contributed by atoms with E-state index < -0.39 is 0 Å². The average Bonchev–Trinajstić information content (AvgIpc) is 2.84. The smallest absolute Gasteiger partial charge is 0.00488 e. The molecule has 2 heteroatoms. The number of hydrogen-bond donors (Lipinski definition) is 2. The highest BCUT2D eigenvalue weighted by atomic mass is 14.8. The molecule has 0 spiro atoms. The van der Waals surface area contributed by atoms with E-state index in [1.54, 1.807) is 0 Å². The third-order valence-corrected chi connectivity index (χ3v) is 6.28. The van der Waals surface area contributed by atoms with E-state index in [0.717, 1.165) is 0 Å². The van der Waals surface area contributed by atoms with E-state index in [2.05, 4.69) is 71.3 Å². The van der Waals surface area contributed by atoms with Gasteiger partial charge in [-0.25, -0.2) is 0 Å². The third kappa shape index (κ3) is 15.2. The monoisotopic (exact) mass is 436 g/mol. The van der Waals surface area contributed by atoms with Gasteiger partial charge in [0.05, 0.1) is 0 Å². The number of unbranched alkanes of at least 4 members (excludes halogenated alkanes) is 9. The van der Waals surface area contributed by atoms with Gasteiger partial charge in [0.1, 0.15) is 0 Å². The van der Waals surface area contributed by atoms with Crippen molar-refractivity contribution in [2.24, 2.45) is 0 Å². The van der Waals surface area contributed by atoms with Crippen molar-refractivity contribution in [3.8, 4) is 0 Å². The van der Waals surface area contributed by atoms with Crippen LogP contribution in [0.1, 0.15) is 88.2 Å². The van der Waals surface area contributed by atoms with Crippen LogP contribution in [0.3, 0.4) is 0 Å². The molecule has 0 amide bonds. The summed E-state index contributed by atoms with van der Waals surface area (Å²) in [6.45, 7) is 4.74. The summed E-state index contributed by atoms with van der Waals surface area (Å²) in [5, 5.41) is 7.23. The summed E-state index contributed by atoms with van der Waals surface area (Å²) in [6.07, 6.45) is 18.7. The summed E-state index contributed by atoms with van der Waals surface area (Å²) >= 11 is 0. The third-order valence-electron chi connectivity index (χ3n) is 6.28. The molecule has 32 heavy (non-hydrogen) atoms. The highest BCUT2D eigenvalue weighted by molar-refractivity contribution is 5.15. The molecule has 2 rings (SSSR count). The largest absolute Gasteiger partial charge is 0.317 e. The lowest BCUT2D eigenvalue weighted by Gasteiger charge is -2.06. The SMILES string of the molecule is c1ccc(CCCCNCCCCCCCCCCNCCCCc2ccccc2)cc1. The standard InChI is InChI=1S/C30H48N2/c1(3-5-15-25-31-27-17-13-23-29-19-9-7-10-20-29)2-4-6-16-26-32-28-18-14-24-30-21-11-8-12-22-30/h7-12,19-22,31-32H,1-6,13-18,23-28H2. The normalized spacial score (nSPS) is 11.1. The molecule has 0 unspecified atom stereocenters. The molecule has 0 saturated carbocycles. The fourth-order valence-corrected chi connectivity index (χ4v) is 4.26. The van der Waals surface area contributed by atoms with Crippen molar-refractivity contribution in [3.63, 3.8) is 0 Å². The first-order valence-corrected chi connectivity index (χ1v) is 13.4. The van der Waals surface area contributed by atoms with E-state index in [0.29, 0.717) is 0 Å². The first-order chi connectivity index (χ1) is 15.9. The van der Waals surface area contributed by atoms with E-state index in [4.69, 9.17) is 0 Å². The van der Waals surface area contributed by atoms with Crippen LogP contribution in [0.15, 0.2) is 60.7 Å². The van der Waals surface area contributed by atoms with Gasteiger partial charge in [0.25, 0.3) is 0 Å². The highest BCUT2D eigenvalue weighted by Gasteiger charge is 1.96. The second-order valence-electron chi connectivity index (χ2n) is 9.21. The molecule has 0 heterocycles. The van der Waals surface area contributed by atoms with Crippen LogP contribution in [0.5, 0.6) is 0 Å². The van der Waals surface area contributed by atoms with E-state index in [-0.39, 0.29) is 0 Å². The van der Waals surface area contributed by atoms with Gasteiger partial charge in [-0.05, 0) is 88.7 Å². The van der Waals surface area contributed by atoms with Crippen molar-refractivity contribution in [3.05, 3.63) is 71.8 Å². The van der Waals surface area contributed by atoms with Crippen LogP contribution >= 0.6 is 0 Å². The lowest BCUT2D eigenvalue weighted by molar-refractivity contribution is 0.532. The van der Waals surface area contributed by atoms with Crippen molar-refractivity contribution >= 4 is 0 Å². The van der Waals surface area contributed by atoms with Crippen LogP contribution in [0.4, 0.5) is 0 Å². The molecule has 0 aliphatic heterocycles. The average molecular weight is 437 g/mol. The Bertz CT molecular complexity index is 568. The van der Waals surface area contributed by atoms with Gasteiger partial charge in [-0.15, -0.1) is 0 Å². The van der Waals surface area contributed by atoms with Crippen LogP contribution < -0.4 is 10.6 Å². The molecule has 0 aliphatic rings. The predicted molar refractivity (Wildman–Crippen MR) is 141 cm³/mol. The highest BCUT2D eigenvalue weighted by Crippen LogP contribution is 2.09. The predicted octanol–water partition coefficient (Wildman–Crippen LogP) is 7.33. The molecule has 2 N–H and O–H groups in total. The molecule has 0 radical (unpaired) electrons. The van der Waals surface area contributed by atoms with Gasteiger partial charge in [0.15, 0.2) is 0 Å². The minimum absolute atomic E-state index is 1.17. The first kappa shape index (κ1) is 26.6. The van der Waals surface area contributed by atoms with Crippen LogP contribution in [-0.2, 0) is 12.8 Å². The summed E-state index contributed by atoms with van der Waals surface area (Å²) in [5.74, 6) is 0. The minimum atomic E-state index is 1.17. The van der Waals surface area contributed by atoms with Gasteiger partial charge in [0.2, 0.25) is 0 Å². The van der Waals surface area contributed by atoms with Gasteiger partial charge < -0.3 is 10.6 Å². The first-order valence-electron chi connectivity index (χ1n) is 13.4. The maximum Gasteiger partial charge on any atom is -0.00488 e. The van der Waals surface area contributed by atoms with Crippen LogP contribution in [0, 0.1) is 0 Å². The zero-order valence-corrected chi connectivity index (χ0v) is 20.5. The van der Waals surface area contributed by atoms with Crippen molar-refractivity contribution in [2.45, 2.75) is 89.9 Å². The Kier molecular flexibility index (Phi) is 16.6. The van der Waals surface area contributed by atoms with Crippen LogP contribution in [-0.4, -0.2) is 26.2 Å². The topological polar surface area (TPSA) is 24.1 Å². The Morgan fingerprint density at radius 1 is 0.344 bits per heavy atom. The van der Waals surface area contributed by atoms with Gasteiger partial charge in [0, 0.05) is 0 Å². The molecule has 178 valence electrons. The Morgan fingerprint density at radius 3 is 1.03 bits per heavy atom. The molecule has 2 aromatic rings. The molecule has 0 aliphatic carbocycles. The molecule has 0 saturated heterocycles.